The van der Waals surface area contributed by atoms with Crippen molar-refractivity contribution in [2.75, 3.05) is 20.3 Å². The SMILES string of the molecule is CCCC(CC(=O)O)NC(=O)C(C)(COC)NC(=O)OCC1c2ccccc2-c2ccccc21. The Labute approximate surface area is 199 Å². The summed E-state index contributed by atoms with van der Waals surface area (Å²) in [6, 6.07) is 15.5. The number of carbonyl (C=O) groups excluding carboxylic acids is 2. The number of fused-ring (bicyclic) bond motifs is 3. The number of hydrogen-bond acceptors (Lipinski definition) is 5. The average Bonchev–Trinajstić information content (AvgIpc) is 3.11. The summed E-state index contributed by atoms with van der Waals surface area (Å²) in [5.41, 5.74) is 2.99. The summed E-state index contributed by atoms with van der Waals surface area (Å²) in [5, 5.41) is 14.5. The lowest BCUT2D eigenvalue weighted by atomic mass is 9.98. The molecule has 0 aliphatic heterocycles. The van der Waals surface area contributed by atoms with Crippen molar-refractivity contribution in [1.82, 2.24) is 10.6 Å². The lowest BCUT2D eigenvalue weighted by Crippen LogP contribution is -2.61. The van der Waals surface area contributed by atoms with Crippen LogP contribution >= 0.6 is 0 Å². The molecule has 0 saturated carbocycles. The Morgan fingerprint density at radius 1 is 1.06 bits per heavy atom. The second-order valence-corrected chi connectivity index (χ2v) is 8.77. The monoisotopic (exact) mass is 468 g/mol. The number of nitrogens with one attached hydrogen (secondary N) is 2. The number of carboxylic acid groups (broad SMARTS) is 1. The molecule has 182 valence electrons. The molecule has 3 N–H and O–H groups in total. The van der Waals surface area contributed by atoms with E-state index in [2.05, 4.69) is 22.8 Å². The quantitative estimate of drug-likeness (QED) is 0.464. The third kappa shape index (κ3) is 5.75. The number of carboxylic acids is 1. The summed E-state index contributed by atoms with van der Waals surface area (Å²) in [7, 11) is 1.42. The van der Waals surface area contributed by atoms with Crippen LogP contribution in [0.2, 0.25) is 0 Å². The molecule has 0 bridgehead atoms. The standard InChI is InChI=1S/C26H32N2O6/c1-4-9-17(14-23(29)30)27-24(31)26(2,16-33-3)28-25(32)34-15-22-20-12-7-5-10-18(20)19-11-6-8-13-21(19)22/h5-8,10-13,17,22H,4,9,14-16H2,1-3H3,(H,27,31)(H,28,32)(H,29,30). The Kier molecular flexibility index (Phi) is 8.28. The molecular formula is C26H32N2O6. The van der Waals surface area contributed by atoms with Gasteiger partial charge in [0.25, 0.3) is 0 Å². The van der Waals surface area contributed by atoms with E-state index in [1.54, 1.807) is 0 Å². The van der Waals surface area contributed by atoms with Gasteiger partial charge in [0.2, 0.25) is 5.91 Å². The number of aliphatic carboxylic acids is 1. The van der Waals surface area contributed by atoms with E-state index in [1.165, 1.54) is 14.0 Å². The van der Waals surface area contributed by atoms with Crippen LogP contribution in [0.3, 0.4) is 0 Å². The number of amides is 2. The number of benzene rings is 2. The number of alkyl carbamates (subject to hydrolysis) is 1. The van der Waals surface area contributed by atoms with Crippen LogP contribution in [0.1, 0.15) is 50.2 Å². The van der Waals surface area contributed by atoms with Crippen molar-refractivity contribution in [2.45, 2.75) is 50.6 Å². The van der Waals surface area contributed by atoms with Gasteiger partial charge >= 0.3 is 12.1 Å². The van der Waals surface area contributed by atoms with E-state index in [4.69, 9.17) is 14.6 Å². The van der Waals surface area contributed by atoms with Gasteiger partial charge in [0, 0.05) is 19.1 Å². The van der Waals surface area contributed by atoms with Gasteiger partial charge in [0.05, 0.1) is 13.0 Å². The van der Waals surface area contributed by atoms with Crippen molar-refractivity contribution < 1.29 is 29.0 Å². The molecule has 0 spiro atoms. The minimum Gasteiger partial charge on any atom is -0.481 e. The van der Waals surface area contributed by atoms with Crippen LogP contribution in [0.25, 0.3) is 11.1 Å². The summed E-state index contributed by atoms with van der Waals surface area (Å²) in [5.74, 6) is -1.63. The van der Waals surface area contributed by atoms with Crippen LogP contribution in [0, 0.1) is 0 Å². The predicted molar refractivity (Wildman–Crippen MR) is 128 cm³/mol. The minimum absolute atomic E-state index is 0.102. The third-order valence-corrected chi connectivity index (χ3v) is 6.05. The molecule has 3 rings (SSSR count). The first kappa shape index (κ1) is 25.2. The fourth-order valence-electron chi connectivity index (χ4n) is 4.44. The number of carbonyl (C=O) groups is 3. The molecule has 2 aromatic rings. The first-order valence-electron chi connectivity index (χ1n) is 11.4. The maximum absolute atomic E-state index is 13.0. The van der Waals surface area contributed by atoms with Gasteiger partial charge < -0.3 is 25.2 Å². The van der Waals surface area contributed by atoms with Crippen LogP contribution in [-0.2, 0) is 19.1 Å². The Hall–Kier alpha value is -3.39. The molecular weight excluding hydrogens is 436 g/mol. The van der Waals surface area contributed by atoms with Crippen molar-refractivity contribution in [3.63, 3.8) is 0 Å². The molecule has 1 aliphatic rings. The highest BCUT2D eigenvalue weighted by molar-refractivity contribution is 5.90. The third-order valence-electron chi connectivity index (χ3n) is 6.05. The summed E-state index contributed by atoms with van der Waals surface area (Å²) in [6.07, 6.45) is 0.264. The number of rotatable bonds is 11. The highest BCUT2D eigenvalue weighted by Gasteiger charge is 2.37. The van der Waals surface area contributed by atoms with Gasteiger partial charge in [0.1, 0.15) is 12.1 Å². The average molecular weight is 469 g/mol. The van der Waals surface area contributed by atoms with Gasteiger partial charge in [0.15, 0.2) is 0 Å². The molecule has 0 saturated heterocycles. The number of methoxy groups -OCH3 is 1. The summed E-state index contributed by atoms with van der Waals surface area (Å²) < 4.78 is 10.7. The molecule has 2 atom stereocenters. The maximum Gasteiger partial charge on any atom is 0.408 e. The van der Waals surface area contributed by atoms with Gasteiger partial charge in [-0.3, -0.25) is 9.59 Å². The molecule has 34 heavy (non-hydrogen) atoms. The molecule has 0 aromatic heterocycles. The molecule has 2 aromatic carbocycles. The van der Waals surface area contributed by atoms with Crippen molar-refractivity contribution in [3.8, 4) is 11.1 Å². The van der Waals surface area contributed by atoms with Gasteiger partial charge in [-0.1, -0.05) is 61.9 Å². The van der Waals surface area contributed by atoms with E-state index >= 15 is 0 Å². The normalized spacial score (nSPS) is 14.9. The van der Waals surface area contributed by atoms with Gasteiger partial charge in [-0.25, -0.2) is 4.79 Å². The Bertz CT molecular complexity index is 994. The summed E-state index contributed by atoms with van der Waals surface area (Å²) in [4.78, 5) is 36.9. The molecule has 2 unspecified atom stereocenters. The lowest BCUT2D eigenvalue weighted by Gasteiger charge is -2.30. The lowest BCUT2D eigenvalue weighted by molar-refractivity contribution is -0.138. The van der Waals surface area contributed by atoms with E-state index in [0.29, 0.717) is 12.8 Å². The van der Waals surface area contributed by atoms with E-state index in [0.717, 1.165) is 22.3 Å². The predicted octanol–water partition coefficient (Wildman–Crippen LogP) is 3.69. The van der Waals surface area contributed by atoms with Gasteiger partial charge in [-0.05, 0) is 35.6 Å². The summed E-state index contributed by atoms with van der Waals surface area (Å²) >= 11 is 0. The largest absolute Gasteiger partial charge is 0.481 e. The van der Waals surface area contributed by atoms with E-state index in [-0.39, 0.29) is 25.6 Å². The fourth-order valence-corrected chi connectivity index (χ4v) is 4.44. The topological polar surface area (TPSA) is 114 Å². The molecule has 0 fully saturated rings. The van der Waals surface area contributed by atoms with Crippen molar-refractivity contribution in [3.05, 3.63) is 59.7 Å². The van der Waals surface area contributed by atoms with Gasteiger partial charge in [-0.15, -0.1) is 0 Å². The Morgan fingerprint density at radius 2 is 1.65 bits per heavy atom. The van der Waals surface area contributed by atoms with Crippen LogP contribution in [0.4, 0.5) is 4.79 Å². The van der Waals surface area contributed by atoms with Crippen LogP contribution in [-0.4, -0.2) is 55.0 Å². The number of hydrogen-bond donors (Lipinski definition) is 3. The van der Waals surface area contributed by atoms with Crippen LogP contribution in [0.5, 0.6) is 0 Å². The minimum atomic E-state index is -1.43. The second-order valence-electron chi connectivity index (χ2n) is 8.77. The van der Waals surface area contributed by atoms with E-state index in [9.17, 15) is 14.4 Å². The Balaban J connectivity index is 1.68. The smallest absolute Gasteiger partial charge is 0.408 e. The highest BCUT2D eigenvalue weighted by Crippen LogP contribution is 2.44. The Morgan fingerprint density at radius 3 is 2.18 bits per heavy atom. The zero-order chi connectivity index (χ0) is 24.7. The van der Waals surface area contributed by atoms with Crippen molar-refractivity contribution >= 4 is 18.0 Å². The second kappa shape index (κ2) is 11.2. The number of ether oxygens (including phenoxy) is 2. The highest BCUT2D eigenvalue weighted by atomic mass is 16.5. The first-order chi connectivity index (χ1) is 16.3. The van der Waals surface area contributed by atoms with Crippen LogP contribution < -0.4 is 10.6 Å². The molecule has 8 heteroatoms. The molecule has 0 heterocycles. The zero-order valence-electron chi connectivity index (χ0n) is 19.8. The summed E-state index contributed by atoms with van der Waals surface area (Å²) in [6.45, 7) is 3.44. The van der Waals surface area contributed by atoms with Crippen molar-refractivity contribution in [1.29, 1.82) is 0 Å². The molecule has 8 nitrogen and oxygen atoms in total. The van der Waals surface area contributed by atoms with E-state index < -0.39 is 29.6 Å². The van der Waals surface area contributed by atoms with Crippen molar-refractivity contribution in [2.24, 2.45) is 0 Å². The maximum atomic E-state index is 13.0. The van der Waals surface area contributed by atoms with Crippen LogP contribution in [0.15, 0.2) is 48.5 Å². The first-order valence-corrected chi connectivity index (χ1v) is 11.4. The van der Waals surface area contributed by atoms with E-state index in [1.807, 2.05) is 43.3 Å². The van der Waals surface area contributed by atoms with Gasteiger partial charge in [-0.2, -0.15) is 0 Å². The molecule has 1 aliphatic carbocycles. The molecule has 2 amide bonds. The molecule has 0 radical (unpaired) electrons. The fraction of sp³-hybridized carbons (Fsp3) is 0.423. The zero-order valence-corrected chi connectivity index (χ0v) is 19.8.